The van der Waals surface area contributed by atoms with Crippen molar-refractivity contribution in [2.45, 2.75) is 76.5 Å². The van der Waals surface area contributed by atoms with Crippen LogP contribution in [0.25, 0.3) is 11.5 Å². The molecule has 1 aromatic carbocycles. The van der Waals surface area contributed by atoms with Crippen LogP contribution in [0.15, 0.2) is 28.8 Å². The van der Waals surface area contributed by atoms with E-state index in [4.69, 9.17) is 14.1 Å². The van der Waals surface area contributed by atoms with Crippen molar-refractivity contribution < 1.29 is 13.9 Å². The van der Waals surface area contributed by atoms with Crippen molar-refractivity contribution in [2.24, 2.45) is 0 Å². The molecule has 3 aromatic rings. The number of fused-ring (bicyclic) bond motifs is 1. The summed E-state index contributed by atoms with van der Waals surface area (Å²) < 4.78 is 11.7. The van der Waals surface area contributed by atoms with Gasteiger partial charge < -0.3 is 34.5 Å². The SMILES string of the molecule is CC[C@@H]1C(=O)N(C)c2cnc(Nc3ccc(-c4nnc(CNC5CCN(C)CC5)o4)cc3OC)nc2N1C1CCCC1. The molecule has 6 rings (SSSR count). The summed E-state index contributed by atoms with van der Waals surface area (Å²) in [6.45, 7) is 4.80. The fourth-order valence-corrected chi connectivity index (χ4v) is 6.38. The Bertz CT molecular complexity index is 1400. The van der Waals surface area contributed by atoms with E-state index in [1.165, 1.54) is 12.8 Å². The summed E-state index contributed by atoms with van der Waals surface area (Å²) in [5.41, 5.74) is 2.21. The number of nitrogens with one attached hydrogen (secondary N) is 2. The van der Waals surface area contributed by atoms with Gasteiger partial charge in [0.15, 0.2) is 5.82 Å². The zero-order valence-corrected chi connectivity index (χ0v) is 25.0. The summed E-state index contributed by atoms with van der Waals surface area (Å²) in [5, 5.41) is 15.4. The Hall–Kier alpha value is -3.77. The maximum Gasteiger partial charge on any atom is 0.249 e. The second-order valence-corrected chi connectivity index (χ2v) is 11.6. The van der Waals surface area contributed by atoms with Crippen LogP contribution in [0.2, 0.25) is 0 Å². The Morgan fingerprint density at radius 2 is 1.88 bits per heavy atom. The smallest absolute Gasteiger partial charge is 0.249 e. The fourth-order valence-electron chi connectivity index (χ4n) is 6.38. The van der Waals surface area contributed by atoms with Crippen LogP contribution >= 0.6 is 0 Å². The number of anilines is 4. The predicted molar refractivity (Wildman–Crippen MR) is 161 cm³/mol. The van der Waals surface area contributed by atoms with Crippen molar-refractivity contribution in [3.05, 3.63) is 30.3 Å². The molecule has 0 bridgehead atoms. The van der Waals surface area contributed by atoms with Gasteiger partial charge >= 0.3 is 0 Å². The molecule has 2 aromatic heterocycles. The molecule has 12 nitrogen and oxygen atoms in total. The summed E-state index contributed by atoms with van der Waals surface area (Å²) in [5.74, 6) is 2.95. The third kappa shape index (κ3) is 5.65. The third-order valence-electron chi connectivity index (χ3n) is 8.83. The lowest BCUT2D eigenvalue weighted by molar-refractivity contribution is -0.120. The lowest BCUT2D eigenvalue weighted by atomic mass is 10.0. The van der Waals surface area contributed by atoms with Crippen molar-refractivity contribution >= 4 is 29.0 Å². The first-order valence-corrected chi connectivity index (χ1v) is 15.1. The summed E-state index contributed by atoms with van der Waals surface area (Å²) in [6, 6.07) is 6.23. The van der Waals surface area contributed by atoms with Gasteiger partial charge in [0.2, 0.25) is 23.6 Å². The lowest BCUT2D eigenvalue weighted by Gasteiger charge is -2.43. The monoisotopic (exact) mass is 575 g/mol. The standard InChI is InChI=1S/C30H41N9O3/c1-5-23-29(40)38(3)24-17-32-30(34-27(24)39(23)21-8-6-7-9-21)33-22-11-10-19(16-25(22)41-4)28-36-35-26(42-28)18-31-20-12-14-37(2)15-13-20/h10-11,16-17,20-21,23,31H,5-9,12-15,18H2,1-4H3,(H,32,33,34)/t23-/m1/s1. The van der Waals surface area contributed by atoms with Crippen LogP contribution in [-0.4, -0.2) is 83.4 Å². The molecule has 0 spiro atoms. The van der Waals surface area contributed by atoms with E-state index in [9.17, 15) is 4.79 Å². The number of likely N-dealkylation sites (N-methyl/N-ethyl adjacent to an activating group) is 1. The first kappa shape index (κ1) is 28.4. The second-order valence-electron chi connectivity index (χ2n) is 11.6. The maximum atomic E-state index is 13.2. The highest BCUT2D eigenvalue weighted by Crippen LogP contribution is 2.40. The molecule has 2 fully saturated rings. The minimum absolute atomic E-state index is 0.0975. The molecule has 224 valence electrons. The average molecular weight is 576 g/mol. The number of carbonyl (C=O) groups is 1. The van der Waals surface area contributed by atoms with Crippen LogP contribution in [0.4, 0.5) is 23.1 Å². The Balaban J connectivity index is 1.19. The minimum Gasteiger partial charge on any atom is -0.495 e. The molecule has 2 aliphatic heterocycles. The van der Waals surface area contributed by atoms with Gasteiger partial charge in [0.1, 0.15) is 17.5 Å². The summed E-state index contributed by atoms with van der Waals surface area (Å²) >= 11 is 0. The molecule has 0 radical (unpaired) electrons. The summed E-state index contributed by atoms with van der Waals surface area (Å²) in [4.78, 5) is 29.0. The molecule has 4 heterocycles. The van der Waals surface area contributed by atoms with Gasteiger partial charge in [-0.25, -0.2) is 4.98 Å². The van der Waals surface area contributed by atoms with Gasteiger partial charge in [-0.15, -0.1) is 10.2 Å². The number of amides is 1. The molecule has 1 saturated heterocycles. The highest BCUT2D eigenvalue weighted by molar-refractivity contribution is 6.04. The largest absolute Gasteiger partial charge is 0.495 e. The molecular formula is C30H41N9O3. The number of methoxy groups -OCH3 is 1. The van der Waals surface area contributed by atoms with Crippen LogP contribution in [0.3, 0.4) is 0 Å². The number of piperidine rings is 1. The van der Waals surface area contributed by atoms with Crippen LogP contribution in [-0.2, 0) is 11.3 Å². The number of likely N-dealkylation sites (tertiary alicyclic amines) is 1. The Labute approximate surface area is 246 Å². The Morgan fingerprint density at radius 3 is 2.62 bits per heavy atom. The predicted octanol–water partition coefficient (Wildman–Crippen LogP) is 3.97. The van der Waals surface area contributed by atoms with Crippen molar-refractivity contribution in [2.75, 3.05) is 49.4 Å². The molecular weight excluding hydrogens is 534 g/mol. The number of benzene rings is 1. The molecule has 1 atom stereocenters. The lowest BCUT2D eigenvalue weighted by Crippen LogP contribution is -2.55. The van der Waals surface area contributed by atoms with E-state index in [0.29, 0.717) is 47.8 Å². The number of ether oxygens (including phenoxy) is 1. The molecule has 42 heavy (non-hydrogen) atoms. The number of hydrogen-bond acceptors (Lipinski definition) is 11. The number of carbonyl (C=O) groups excluding carboxylic acids is 1. The molecule has 1 aliphatic carbocycles. The Morgan fingerprint density at radius 1 is 1.10 bits per heavy atom. The van der Waals surface area contributed by atoms with Crippen LogP contribution < -0.4 is 25.2 Å². The topological polar surface area (TPSA) is 125 Å². The molecule has 1 saturated carbocycles. The number of nitrogens with zero attached hydrogens (tertiary/aromatic N) is 7. The number of aromatic nitrogens is 4. The molecule has 2 N–H and O–H groups in total. The Kier molecular flexibility index (Phi) is 8.25. The summed E-state index contributed by atoms with van der Waals surface area (Å²) in [6.07, 6.45) is 9.18. The molecule has 1 amide bonds. The van der Waals surface area contributed by atoms with Crippen LogP contribution in [0, 0.1) is 0 Å². The molecule has 3 aliphatic rings. The maximum absolute atomic E-state index is 13.2. The van der Waals surface area contributed by atoms with E-state index in [1.807, 2.05) is 25.2 Å². The highest BCUT2D eigenvalue weighted by atomic mass is 16.5. The van der Waals surface area contributed by atoms with E-state index < -0.39 is 0 Å². The molecule has 0 unspecified atom stereocenters. The van der Waals surface area contributed by atoms with E-state index in [2.05, 4.69) is 49.6 Å². The van der Waals surface area contributed by atoms with Crippen LogP contribution in [0.5, 0.6) is 5.75 Å². The van der Waals surface area contributed by atoms with Gasteiger partial charge in [-0.1, -0.05) is 19.8 Å². The van der Waals surface area contributed by atoms with Gasteiger partial charge in [-0.3, -0.25) is 4.79 Å². The molecule has 12 heteroatoms. The zero-order chi connectivity index (χ0) is 29.2. The number of hydrogen-bond donors (Lipinski definition) is 2. The van der Waals surface area contributed by atoms with Crippen molar-refractivity contribution in [1.82, 2.24) is 30.4 Å². The van der Waals surface area contributed by atoms with Crippen LogP contribution in [0.1, 0.15) is 57.8 Å². The van der Waals surface area contributed by atoms with E-state index in [1.54, 1.807) is 18.2 Å². The normalized spacial score (nSPS) is 20.3. The minimum atomic E-state index is -0.221. The fraction of sp³-hybridized carbons (Fsp3) is 0.567. The van der Waals surface area contributed by atoms with Crippen molar-refractivity contribution in [1.29, 1.82) is 0 Å². The van der Waals surface area contributed by atoms with Gasteiger partial charge in [0.25, 0.3) is 0 Å². The van der Waals surface area contributed by atoms with E-state index in [-0.39, 0.29) is 11.9 Å². The van der Waals surface area contributed by atoms with Gasteiger partial charge in [-0.05, 0) is 70.4 Å². The third-order valence-corrected chi connectivity index (χ3v) is 8.83. The van der Waals surface area contributed by atoms with Crippen molar-refractivity contribution in [3.8, 4) is 17.2 Å². The highest BCUT2D eigenvalue weighted by Gasteiger charge is 2.41. The van der Waals surface area contributed by atoms with E-state index in [0.717, 1.165) is 62.3 Å². The zero-order valence-electron chi connectivity index (χ0n) is 25.0. The second kappa shape index (κ2) is 12.2. The van der Waals surface area contributed by atoms with E-state index >= 15 is 0 Å². The first-order valence-electron chi connectivity index (χ1n) is 15.1. The van der Waals surface area contributed by atoms with Gasteiger partial charge in [0.05, 0.1) is 25.5 Å². The van der Waals surface area contributed by atoms with Gasteiger partial charge in [-0.2, -0.15) is 4.98 Å². The number of rotatable bonds is 9. The first-order chi connectivity index (χ1) is 20.4. The van der Waals surface area contributed by atoms with Gasteiger partial charge in [0, 0.05) is 24.7 Å². The summed E-state index contributed by atoms with van der Waals surface area (Å²) in [7, 11) is 5.59. The average Bonchev–Trinajstić information content (AvgIpc) is 3.72. The quantitative estimate of drug-likeness (QED) is 0.385. The van der Waals surface area contributed by atoms with Crippen molar-refractivity contribution in [3.63, 3.8) is 0 Å².